The summed E-state index contributed by atoms with van der Waals surface area (Å²) < 4.78 is 1.17. The zero-order valence-electron chi connectivity index (χ0n) is 8.24. The summed E-state index contributed by atoms with van der Waals surface area (Å²) in [6.07, 6.45) is 2.67. The number of thiophene rings is 1. The zero-order chi connectivity index (χ0) is 10.1. The monoisotopic (exact) mass is 274 g/mol. The van der Waals surface area contributed by atoms with E-state index in [1.165, 1.54) is 22.2 Å². The smallest absolute Gasteiger partial charge is 0.0564 e. The van der Waals surface area contributed by atoms with Gasteiger partial charge in [0.15, 0.2) is 0 Å². The van der Waals surface area contributed by atoms with Crippen molar-refractivity contribution >= 4 is 27.3 Å². The van der Waals surface area contributed by atoms with Gasteiger partial charge in [0.1, 0.15) is 0 Å². The predicted molar refractivity (Wildman–Crippen MR) is 64.6 cm³/mol. The molecule has 1 saturated carbocycles. The van der Waals surface area contributed by atoms with E-state index in [-0.39, 0.29) is 0 Å². The van der Waals surface area contributed by atoms with E-state index in [0.29, 0.717) is 12.6 Å². The van der Waals surface area contributed by atoms with E-state index in [9.17, 15) is 0 Å². The standard InChI is InChI=1S/C10H15BrN2S/c1-13(8-2-3-8)9(5-12)10-4-7(11)6-14-10/h4,6,8-9H,2-3,5,12H2,1H3. The number of rotatable bonds is 4. The van der Waals surface area contributed by atoms with Gasteiger partial charge in [-0.05, 0) is 41.9 Å². The van der Waals surface area contributed by atoms with Gasteiger partial charge in [-0.3, -0.25) is 4.90 Å². The van der Waals surface area contributed by atoms with E-state index in [1.54, 1.807) is 11.3 Å². The third kappa shape index (κ3) is 2.19. The van der Waals surface area contributed by atoms with E-state index >= 15 is 0 Å². The van der Waals surface area contributed by atoms with Crippen LogP contribution in [0.4, 0.5) is 0 Å². The molecule has 0 aliphatic heterocycles. The van der Waals surface area contributed by atoms with Crippen LogP contribution in [-0.2, 0) is 0 Å². The lowest BCUT2D eigenvalue weighted by molar-refractivity contribution is 0.243. The van der Waals surface area contributed by atoms with Crippen molar-refractivity contribution in [1.82, 2.24) is 4.90 Å². The second kappa shape index (κ2) is 4.31. The topological polar surface area (TPSA) is 29.3 Å². The van der Waals surface area contributed by atoms with Crippen molar-refractivity contribution in [2.45, 2.75) is 24.9 Å². The molecule has 2 N–H and O–H groups in total. The second-order valence-electron chi connectivity index (χ2n) is 3.82. The fourth-order valence-electron chi connectivity index (χ4n) is 1.72. The molecule has 0 spiro atoms. The van der Waals surface area contributed by atoms with Gasteiger partial charge < -0.3 is 5.73 Å². The van der Waals surface area contributed by atoms with Crippen molar-refractivity contribution in [1.29, 1.82) is 0 Å². The van der Waals surface area contributed by atoms with E-state index in [1.807, 2.05) is 0 Å². The second-order valence-corrected chi connectivity index (χ2v) is 5.67. The first-order chi connectivity index (χ1) is 6.72. The van der Waals surface area contributed by atoms with E-state index in [0.717, 1.165) is 6.04 Å². The largest absolute Gasteiger partial charge is 0.329 e. The highest BCUT2D eigenvalue weighted by atomic mass is 79.9. The van der Waals surface area contributed by atoms with Gasteiger partial charge in [0, 0.05) is 27.3 Å². The van der Waals surface area contributed by atoms with Crippen molar-refractivity contribution in [2.24, 2.45) is 5.73 Å². The van der Waals surface area contributed by atoms with Crippen LogP contribution < -0.4 is 5.73 Å². The minimum absolute atomic E-state index is 0.402. The quantitative estimate of drug-likeness (QED) is 0.915. The number of hydrogen-bond acceptors (Lipinski definition) is 3. The Bertz CT molecular complexity index is 309. The Morgan fingerprint density at radius 1 is 1.71 bits per heavy atom. The van der Waals surface area contributed by atoms with Gasteiger partial charge in [0.2, 0.25) is 0 Å². The first-order valence-electron chi connectivity index (χ1n) is 4.88. The Hall–Kier alpha value is 0.1000. The molecule has 1 aromatic heterocycles. The SMILES string of the molecule is CN(C1CC1)C(CN)c1cc(Br)cs1. The average molecular weight is 275 g/mol. The minimum Gasteiger partial charge on any atom is -0.329 e. The molecule has 0 bridgehead atoms. The van der Waals surface area contributed by atoms with Gasteiger partial charge in [0.25, 0.3) is 0 Å². The Labute approximate surface area is 97.2 Å². The molecule has 1 aliphatic carbocycles. The van der Waals surface area contributed by atoms with Crippen LogP contribution in [0.5, 0.6) is 0 Å². The molecule has 0 radical (unpaired) electrons. The molecule has 1 aromatic rings. The molecule has 2 rings (SSSR count). The van der Waals surface area contributed by atoms with Crippen molar-refractivity contribution in [3.63, 3.8) is 0 Å². The van der Waals surface area contributed by atoms with Crippen LogP contribution in [0.2, 0.25) is 0 Å². The average Bonchev–Trinajstić information content (AvgIpc) is 2.92. The highest BCUT2D eigenvalue weighted by Gasteiger charge is 2.31. The summed E-state index contributed by atoms with van der Waals surface area (Å²) in [5.41, 5.74) is 5.83. The molecule has 78 valence electrons. The molecule has 0 aromatic carbocycles. The number of nitrogens with zero attached hydrogens (tertiary/aromatic N) is 1. The van der Waals surface area contributed by atoms with Gasteiger partial charge >= 0.3 is 0 Å². The van der Waals surface area contributed by atoms with Crippen molar-refractivity contribution in [3.05, 3.63) is 20.8 Å². The third-order valence-electron chi connectivity index (χ3n) is 2.75. The highest BCUT2D eigenvalue weighted by molar-refractivity contribution is 9.10. The lowest BCUT2D eigenvalue weighted by Crippen LogP contribution is -2.31. The Morgan fingerprint density at radius 2 is 2.43 bits per heavy atom. The zero-order valence-corrected chi connectivity index (χ0v) is 10.6. The fourth-order valence-corrected chi connectivity index (χ4v) is 3.33. The van der Waals surface area contributed by atoms with Gasteiger partial charge in [-0.1, -0.05) is 0 Å². The van der Waals surface area contributed by atoms with Gasteiger partial charge in [0.05, 0.1) is 6.04 Å². The number of hydrogen-bond donors (Lipinski definition) is 1. The maximum Gasteiger partial charge on any atom is 0.0564 e. The summed E-state index contributed by atoms with van der Waals surface area (Å²) in [6.45, 7) is 0.708. The molecule has 4 heteroatoms. The molecular formula is C10H15BrN2S. The summed E-state index contributed by atoms with van der Waals surface area (Å²) in [7, 11) is 2.18. The van der Waals surface area contributed by atoms with Crippen LogP contribution in [0, 0.1) is 0 Å². The summed E-state index contributed by atoms with van der Waals surface area (Å²) in [6, 6.07) is 3.35. The summed E-state index contributed by atoms with van der Waals surface area (Å²) >= 11 is 5.27. The molecule has 0 saturated heterocycles. The number of halogens is 1. The van der Waals surface area contributed by atoms with E-state index in [2.05, 4.69) is 39.3 Å². The van der Waals surface area contributed by atoms with E-state index in [4.69, 9.17) is 5.73 Å². The van der Waals surface area contributed by atoms with Gasteiger partial charge in [-0.2, -0.15) is 0 Å². The first-order valence-corrected chi connectivity index (χ1v) is 6.55. The molecule has 2 nitrogen and oxygen atoms in total. The van der Waals surface area contributed by atoms with E-state index < -0.39 is 0 Å². The minimum atomic E-state index is 0.402. The molecule has 1 unspecified atom stereocenters. The Kier molecular flexibility index (Phi) is 3.27. The third-order valence-corrected chi connectivity index (χ3v) is 4.55. The van der Waals surface area contributed by atoms with Crippen molar-refractivity contribution in [3.8, 4) is 0 Å². The van der Waals surface area contributed by atoms with Crippen LogP contribution >= 0.6 is 27.3 Å². The molecular weight excluding hydrogens is 260 g/mol. The van der Waals surface area contributed by atoms with Crippen LogP contribution in [0.3, 0.4) is 0 Å². The first kappa shape index (κ1) is 10.6. The highest BCUT2D eigenvalue weighted by Crippen LogP contribution is 2.35. The van der Waals surface area contributed by atoms with Crippen LogP contribution in [0.25, 0.3) is 0 Å². The van der Waals surface area contributed by atoms with Crippen molar-refractivity contribution < 1.29 is 0 Å². The van der Waals surface area contributed by atoms with Crippen LogP contribution in [0.15, 0.2) is 15.9 Å². The van der Waals surface area contributed by atoms with Crippen molar-refractivity contribution in [2.75, 3.05) is 13.6 Å². The van der Waals surface area contributed by atoms with Crippen LogP contribution in [0.1, 0.15) is 23.8 Å². The molecule has 1 aliphatic rings. The fraction of sp³-hybridized carbons (Fsp3) is 0.600. The molecule has 1 fully saturated rings. The summed E-state index contributed by atoms with van der Waals surface area (Å²) in [5, 5.41) is 2.12. The summed E-state index contributed by atoms with van der Waals surface area (Å²) in [4.78, 5) is 3.78. The molecule has 0 amide bonds. The van der Waals surface area contributed by atoms with Gasteiger partial charge in [-0.15, -0.1) is 11.3 Å². The number of nitrogens with two attached hydrogens (primary N) is 1. The Balaban J connectivity index is 2.11. The van der Waals surface area contributed by atoms with Crippen LogP contribution in [-0.4, -0.2) is 24.5 Å². The lowest BCUT2D eigenvalue weighted by atomic mass is 10.2. The maximum absolute atomic E-state index is 5.83. The molecule has 14 heavy (non-hydrogen) atoms. The Morgan fingerprint density at radius 3 is 2.86 bits per heavy atom. The predicted octanol–water partition coefficient (Wildman–Crippen LogP) is 2.60. The molecule has 1 heterocycles. The number of likely N-dealkylation sites (N-methyl/N-ethyl adjacent to an activating group) is 1. The summed E-state index contributed by atoms with van der Waals surface area (Å²) in [5.74, 6) is 0. The lowest BCUT2D eigenvalue weighted by Gasteiger charge is -2.25. The maximum atomic E-state index is 5.83. The normalized spacial score (nSPS) is 18.9. The van der Waals surface area contributed by atoms with Gasteiger partial charge in [-0.25, -0.2) is 0 Å². The molecule has 1 atom stereocenters.